The molecular weight excluding hydrogens is 1500 g/mol. The van der Waals surface area contributed by atoms with Crippen molar-refractivity contribution in [1.29, 1.82) is 0 Å². The molecule has 0 saturated heterocycles. The Balaban J connectivity index is 1.01. The van der Waals surface area contributed by atoms with Crippen LogP contribution in [-0.2, 0) is 25.7 Å². The first-order valence-corrected chi connectivity index (χ1v) is 37.5. The molecule has 8 nitrogen and oxygen atoms in total. The molecule has 12 aromatic rings. The van der Waals surface area contributed by atoms with Crippen molar-refractivity contribution in [3.63, 3.8) is 0 Å². The Hall–Kier alpha value is -9.04. The van der Waals surface area contributed by atoms with E-state index in [1.54, 1.807) is 0 Å². The van der Waals surface area contributed by atoms with Crippen LogP contribution in [0.5, 0.6) is 46.0 Å². The molecule has 0 amide bonds. The average Bonchev–Trinajstić information content (AvgIpc) is 0.733. The minimum absolute atomic E-state index is 0.311. The van der Waals surface area contributed by atoms with Gasteiger partial charge in [-0.1, -0.05) is 234 Å². The molecule has 0 aromatic heterocycles. The zero-order valence-corrected chi connectivity index (χ0v) is 60.8. The van der Waals surface area contributed by atoms with Gasteiger partial charge >= 0.3 is 0 Å². The molecular formula is C88H68Br4O8. The van der Waals surface area contributed by atoms with E-state index in [4.69, 9.17) is 37.9 Å². The van der Waals surface area contributed by atoms with Gasteiger partial charge in [-0.05, 0) is 146 Å². The van der Waals surface area contributed by atoms with Crippen LogP contribution in [0.4, 0.5) is 0 Å². The number of hydrogen-bond acceptors (Lipinski definition) is 8. The maximum Gasteiger partial charge on any atom is 0.267 e. The summed E-state index contributed by atoms with van der Waals surface area (Å²) in [6.45, 7) is 0. The first kappa shape index (κ1) is 64.3. The molecule has 0 N–H and O–H groups in total. The van der Waals surface area contributed by atoms with Gasteiger partial charge in [0.05, 0.1) is 0 Å². The summed E-state index contributed by atoms with van der Waals surface area (Å²) in [7, 11) is 0. The van der Waals surface area contributed by atoms with Gasteiger partial charge in [0.15, 0.2) is 0 Å². The molecule has 0 atom stereocenters. The molecule has 1 aliphatic carbocycles. The van der Waals surface area contributed by atoms with Crippen molar-refractivity contribution in [2.45, 2.75) is 100 Å². The number of halogens is 4. The summed E-state index contributed by atoms with van der Waals surface area (Å²) >= 11 is 15.2. The summed E-state index contributed by atoms with van der Waals surface area (Å²) in [5, 5.41) is 0. The van der Waals surface area contributed by atoms with E-state index in [-0.39, 0.29) is 23.7 Å². The van der Waals surface area contributed by atoms with Gasteiger partial charge in [-0.15, -0.1) is 0 Å². The quantitative estimate of drug-likeness (QED) is 0.0947. The van der Waals surface area contributed by atoms with Crippen molar-refractivity contribution in [2.24, 2.45) is 0 Å². The van der Waals surface area contributed by atoms with Gasteiger partial charge in [0.2, 0.25) is 0 Å². The first-order valence-electron chi connectivity index (χ1n) is 34.3. The number of aryl methyl sites for hydroxylation is 4. The first-order chi connectivity index (χ1) is 49.1. The van der Waals surface area contributed by atoms with E-state index >= 15 is 0 Å². The van der Waals surface area contributed by atoms with Gasteiger partial charge in [-0.2, -0.15) is 0 Å². The second-order valence-corrected chi connectivity index (χ2v) is 30.2. The van der Waals surface area contributed by atoms with Gasteiger partial charge < -0.3 is 37.9 Å². The highest BCUT2D eigenvalue weighted by Crippen LogP contribution is 2.58. The summed E-state index contributed by atoms with van der Waals surface area (Å²) in [4.78, 5) is 0. The van der Waals surface area contributed by atoms with Gasteiger partial charge in [-0.25, -0.2) is 0 Å². The van der Waals surface area contributed by atoms with E-state index in [0.717, 1.165) is 110 Å². The van der Waals surface area contributed by atoms with Crippen LogP contribution >= 0.6 is 63.7 Å². The second kappa shape index (κ2) is 28.2. The molecule has 12 aromatic carbocycles. The summed E-state index contributed by atoms with van der Waals surface area (Å²) in [5.74, 6) is 3.92. The maximum atomic E-state index is 7.63. The summed E-state index contributed by atoms with van der Waals surface area (Å²) in [6, 6.07) is 94.3. The zero-order valence-electron chi connectivity index (χ0n) is 54.5. The highest BCUT2D eigenvalue weighted by Gasteiger charge is 2.42. The van der Waals surface area contributed by atoms with Crippen molar-refractivity contribution >= 4 is 63.7 Å². The summed E-state index contributed by atoms with van der Waals surface area (Å²) in [5.41, 5.74) is 16.3. The molecule has 17 rings (SSSR count). The molecule has 0 radical (unpaired) electrons. The summed E-state index contributed by atoms with van der Waals surface area (Å²) < 4.78 is 64.6. The van der Waals surface area contributed by atoms with Crippen LogP contribution in [0.3, 0.4) is 0 Å². The lowest BCUT2D eigenvalue weighted by Crippen LogP contribution is -2.26. The number of ether oxygens (including phenoxy) is 8. The van der Waals surface area contributed by atoms with Gasteiger partial charge in [-0.3, -0.25) is 0 Å². The molecule has 4 heterocycles. The average molecular weight is 1570 g/mol. The maximum absolute atomic E-state index is 7.63. The van der Waals surface area contributed by atoms with E-state index in [2.05, 4.69) is 282 Å². The third-order valence-corrected chi connectivity index (χ3v) is 22.3. The minimum atomic E-state index is -0.948. The van der Waals surface area contributed by atoms with Gasteiger partial charge in [0, 0.05) is 133 Å². The molecule has 0 fully saturated rings. The van der Waals surface area contributed by atoms with Crippen LogP contribution in [0.15, 0.2) is 285 Å². The Labute approximate surface area is 616 Å². The molecule has 4 aliphatic heterocycles. The fourth-order valence-electron chi connectivity index (χ4n) is 15.2. The number of benzene rings is 12. The molecule has 8 bridgehead atoms. The van der Waals surface area contributed by atoms with Crippen LogP contribution < -0.4 is 37.9 Å². The van der Waals surface area contributed by atoms with Gasteiger partial charge in [0.25, 0.3) is 25.2 Å². The van der Waals surface area contributed by atoms with Crippen molar-refractivity contribution in [3.05, 3.63) is 374 Å². The monoisotopic (exact) mass is 1570 g/mol. The molecule has 0 saturated carbocycles. The van der Waals surface area contributed by atoms with E-state index in [1.165, 1.54) is 22.3 Å². The largest absolute Gasteiger partial charge is 0.450 e. The van der Waals surface area contributed by atoms with E-state index in [0.29, 0.717) is 71.7 Å². The highest BCUT2D eigenvalue weighted by atomic mass is 79.9. The second-order valence-electron chi connectivity index (χ2n) is 26.5. The standard InChI is InChI=1S/C88H68Br4O8/c89-61-35-31-57(32-36-61)85-93-77-49-81-73-45-69(77)65(39-27-53-15-5-1-6-16-53)70-46-74-68(42-30-56-21-11-4-12-22-56)76-48-72-66(40-28-54-17-7-2-8-18-54)71-47-75(67(73)41-29-55-19-9-3-10-20-55)83(99-87(97-81)59-23-13-25-63(91)43-59)51-79(71)95-86(58-33-37-62(90)38-34-58)96-80(72)52-84(76)100-88(60-24-14-26-64(92)44-60)98-82(74)50-78(70)94-85/h1-26,31-38,43-52,65-68,85-88H,27-30,39-42H2. The van der Waals surface area contributed by atoms with Crippen LogP contribution in [0.1, 0.15) is 164 Å². The molecule has 5 aliphatic rings. The lowest BCUT2D eigenvalue weighted by atomic mass is 9.75. The van der Waals surface area contributed by atoms with Crippen LogP contribution in [-0.4, -0.2) is 0 Å². The topological polar surface area (TPSA) is 73.8 Å². The molecule has 496 valence electrons. The summed E-state index contributed by atoms with van der Waals surface area (Å²) in [6.07, 6.45) is 2.02. The third-order valence-electron chi connectivity index (χ3n) is 20.2. The Morgan fingerprint density at radius 2 is 0.430 bits per heavy atom. The zero-order chi connectivity index (χ0) is 67.2. The molecule has 0 spiro atoms. The molecule has 0 unspecified atom stereocenters. The van der Waals surface area contributed by atoms with E-state index < -0.39 is 25.2 Å². The Kier molecular flexibility index (Phi) is 18.1. The van der Waals surface area contributed by atoms with Crippen LogP contribution in [0, 0.1) is 0 Å². The molecule has 100 heavy (non-hydrogen) atoms. The lowest BCUT2D eigenvalue weighted by molar-refractivity contribution is -0.0120. The SMILES string of the molecule is Brc1ccc(C2Oc3cc4c5cc3C(CCc3ccccc3)c3cc6c(cc3O2)OC(c2cccc(Br)c2)Oc2cc3c(cc2C6CCc2ccccc2)C(CCc2ccccc2)c2cc(c(cc2OC(c2ccc(Br)cc2)O3)OC(c2cccc(Br)c2)O4)C5CCc2ccccc2)cc1. The highest BCUT2D eigenvalue weighted by molar-refractivity contribution is 9.11. The fraction of sp³-hybridized carbons (Fsp3) is 0.182. The van der Waals surface area contributed by atoms with E-state index in [9.17, 15) is 0 Å². The number of hydrogen-bond donors (Lipinski definition) is 0. The number of rotatable bonds is 16. The van der Waals surface area contributed by atoms with E-state index in [1.807, 2.05) is 48.5 Å². The van der Waals surface area contributed by atoms with Crippen LogP contribution in [0.25, 0.3) is 0 Å². The lowest BCUT2D eigenvalue weighted by Gasteiger charge is -2.38. The smallest absolute Gasteiger partial charge is 0.267 e. The fourth-order valence-corrected chi connectivity index (χ4v) is 16.6. The molecule has 12 heteroatoms. The van der Waals surface area contributed by atoms with Crippen molar-refractivity contribution in [3.8, 4) is 46.0 Å². The Morgan fingerprint density at radius 3 is 0.660 bits per heavy atom. The van der Waals surface area contributed by atoms with Gasteiger partial charge in [0.1, 0.15) is 46.0 Å². The Bertz CT molecular complexity index is 4510. The minimum Gasteiger partial charge on any atom is -0.450 e. The predicted molar refractivity (Wildman–Crippen MR) is 405 cm³/mol. The predicted octanol–water partition coefficient (Wildman–Crippen LogP) is 24.0. The van der Waals surface area contributed by atoms with Crippen molar-refractivity contribution in [1.82, 2.24) is 0 Å². The normalized spacial score (nSPS) is 19.6. The van der Waals surface area contributed by atoms with Crippen molar-refractivity contribution in [2.75, 3.05) is 0 Å². The van der Waals surface area contributed by atoms with Crippen LogP contribution in [0.2, 0.25) is 0 Å². The Morgan fingerprint density at radius 1 is 0.200 bits per heavy atom. The van der Waals surface area contributed by atoms with Crippen molar-refractivity contribution < 1.29 is 37.9 Å². The third kappa shape index (κ3) is 13.4.